The van der Waals surface area contributed by atoms with Crippen molar-refractivity contribution in [1.29, 1.82) is 0 Å². The Morgan fingerprint density at radius 2 is 1.95 bits per heavy atom. The lowest BCUT2D eigenvalue weighted by molar-refractivity contribution is 0.0734. The Morgan fingerprint density at radius 3 is 2.67 bits per heavy atom. The largest absolute Gasteiger partial charge is 0.453 e. The molecule has 3 N–H and O–H groups in total. The van der Waals surface area contributed by atoms with E-state index in [1.54, 1.807) is 28.2 Å². The molecule has 2 aliphatic heterocycles. The lowest BCUT2D eigenvalue weighted by atomic mass is 9.87. The number of carbonyl (C=O) groups excluding carboxylic acids is 1. The normalized spacial score (nSPS) is 17.2. The number of amides is 1. The Hall–Kier alpha value is -3.83. The number of aromatic nitrogens is 5. The number of nitrogens with zero attached hydrogens (tertiary/aromatic N) is 5. The van der Waals surface area contributed by atoms with Gasteiger partial charge in [-0.1, -0.05) is 17.7 Å². The molecule has 2 saturated heterocycles. The number of H-pyrrole nitrogens is 2. The van der Waals surface area contributed by atoms with E-state index in [1.165, 1.54) is 12.7 Å². The van der Waals surface area contributed by atoms with Crippen molar-refractivity contribution in [3.8, 4) is 11.4 Å². The van der Waals surface area contributed by atoms with Crippen molar-refractivity contribution in [1.82, 2.24) is 34.5 Å². The SMILES string of the molecule is COC(=O)N1CCC(N2CCC(c3cc(C)c4nc(-c5c(NCCn6cc(Cl)cn6)cc[nH]c5=O)[nH]c4c3)CC2)CC1. The highest BCUT2D eigenvalue weighted by Gasteiger charge is 2.30. The molecule has 11 nitrogen and oxygen atoms in total. The van der Waals surface area contributed by atoms with Crippen LogP contribution in [0, 0.1) is 6.92 Å². The fourth-order valence-electron chi connectivity index (χ4n) is 6.44. The molecule has 0 saturated carbocycles. The van der Waals surface area contributed by atoms with Crippen LogP contribution in [-0.2, 0) is 11.3 Å². The summed E-state index contributed by atoms with van der Waals surface area (Å²) in [5.41, 5.74) is 5.22. The van der Waals surface area contributed by atoms with E-state index in [4.69, 9.17) is 21.3 Å². The summed E-state index contributed by atoms with van der Waals surface area (Å²) in [6, 6.07) is 6.84. The zero-order valence-electron chi connectivity index (χ0n) is 24.0. The minimum absolute atomic E-state index is 0.205. The number of piperidine rings is 2. The molecule has 0 unspecified atom stereocenters. The number of imidazole rings is 1. The molecule has 4 aromatic rings. The van der Waals surface area contributed by atoms with Crippen LogP contribution < -0.4 is 10.9 Å². The third kappa shape index (κ3) is 5.89. The predicted molar refractivity (Wildman–Crippen MR) is 163 cm³/mol. The molecule has 5 heterocycles. The minimum atomic E-state index is -0.222. The van der Waals surface area contributed by atoms with Crippen LogP contribution in [0.5, 0.6) is 0 Å². The number of hydrogen-bond donors (Lipinski definition) is 3. The van der Waals surface area contributed by atoms with Crippen molar-refractivity contribution < 1.29 is 9.53 Å². The summed E-state index contributed by atoms with van der Waals surface area (Å²) in [4.78, 5) is 40.3. The van der Waals surface area contributed by atoms with Gasteiger partial charge in [0.25, 0.3) is 5.56 Å². The standard InChI is InChI=1S/C30H37ClN8O3/c1-19-15-21(20-4-10-37(11-5-20)23-6-12-38(13-7-23)30(41)42-2)16-25-27(19)36-28(35-25)26-24(3-8-33-29(26)40)32-9-14-39-18-22(31)17-34-39/h3,8,15-18,20,23H,4-7,9-14H2,1-2H3,(H,35,36)(H2,32,33,40). The number of anilines is 1. The van der Waals surface area contributed by atoms with Crippen molar-refractivity contribution in [2.45, 2.75) is 51.1 Å². The molecule has 42 heavy (non-hydrogen) atoms. The number of nitrogens with one attached hydrogen (secondary N) is 3. The summed E-state index contributed by atoms with van der Waals surface area (Å²) in [5, 5.41) is 8.16. The number of halogens is 1. The average Bonchev–Trinajstić information content (AvgIpc) is 3.63. The van der Waals surface area contributed by atoms with E-state index >= 15 is 0 Å². The van der Waals surface area contributed by atoms with Gasteiger partial charge in [0.1, 0.15) is 11.4 Å². The number of rotatable bonds is 7. The molecule has 0 spiro atoms. The fourth-order valence-corrected chi connectivity index (χ4v) is 6.60. The summed E-state index contributed by atoms with van der Waals surface area (Å²) in [5.74, 6) is 1.02. The van der Waals surface area contributed by atoms with Gasteiger partial charge >= 0.3 is 6.09 Å². The zero-order chi connectivity index (χ0) is 29.2. The maximum absolute atomic E-state index is 13.0. The van der Waals surface area contributed by atoms with Crippen molar-refractivity contribution in [3.63, 3.8) is 0 Å². The topological polar surface area (TPSA) is 124 Å². The number of likely N-dealkylation sites (tertiary alicyclic amines) is 2. The van der Waals surface area contributed by atoms with Crippen LogP contribution in [-0.4, -0.2) is 86.5 Å². The van der Waals surface area contributed by atoms with Crippen molar-refractivity contribution in [2.24, 2.45) is 0 Å². The van der Waals surface area contributed by atoms with E-state index in [1.807, 2.05) is 6.07 Å². The van der Waals surface area contributed by atoms with Gasteiger partial charge in [-0.15, -0.1) is 0 Å². The van der Waals surface area contributed by atoms with Crippen LogP contribution in [0.15, 0.2) is 41.6 Å². The second-order valence-electron chi connectivity index (χ2n) is 11.3. The van der Waals surface area contributed by atoms with Crippen LogP contribution >= 0.6 is 11.6 Å². The molecule has 0 aliphatic carbocycles. The smallest absolute Gasteiger partial charge is 0.409 e. The van der Waals surface area contributed by atoms with Crippen molar-refractivity contribution in [3.05, 3.63) is 63.3 Å². The maximum Gasteiger partial charge on any atom is 0.409 e. The number of ether oxygens (including phenoxy) is 1. The first kappa shape index (κ1) is 28.3. The van der Waals surface area contributed by atoms with Gasteiger partial charge in [0.05, 0.1) is 41.6 Å². The monoisotopic (exact) mass is 592 g/mol. The highest BCUT2D eigenvalue weighted by molar-refractivity contribution is 6.30. The first-order valence-corrected chi connectivity index (χ1v) is 15.0. The van der Waals surface area contributed by atoms with Gasteiger partial charge in [-0.3, -0.25) is 9.48 Å². The van der Waals surface area contributed by atoms with E-state index in [0.717, 1.165) is 68.5 Å². The number of methoxy groups -OCH3 is 1. The van der Waals surface area contributed by atoms with Gasteiger partial charge in [-0.05, 0) is 74.9 Å². The molecule has 0 radical (unpaired) electrons. The first-order chi connectivity index (χ1) is 20.4. The molecular weight excluding hydrogens is 556 g/mol. The molecule has 12 heteroatoms. The number of hydrogen-bond acceptors (Lipinski definition) is 7. The molecule has 1 aromatic carbocycles. The Morgan fingerprint density at radius 1 is 1.17 bits per heavy atom. The van der Waals surface area contributed by atoms with Gasteiger partial charge in [0.2, 0.25) is 0 Å². The number of carbonyl (C=O) groups is 1. The molecule has 6 rings (SSSR count). The average molecular weight is 593 g/mol. The van der Waals surface area contributed by atoms with E-state index in [0.29, 0.717) is 47.1 Å². The molecule has 2 fully saturated rings. The molecule has 2 aliphatic rings. The van der Waals surface area contributed by atoms with E-state index in [2.05, 4.69) is 44.3 Å². The van der Waals surface area contributed by atoms with Crippen LogP contribution in [0.4, 0.5) is 10.5 Å². The number of aryl methyl sites for hydroxylation is 1. The second-order valence-corrected chi connectivity index (χ2v) is 11.7. The fraction of sp³-hybridized carbons (Fsp3) is 0.467. The highest BCUT2D eigenvalue weighted by Crippen LogP contribution is 2.34. The quantitative estimate of drug-likeness (QED) is 0.286. The molecule has 1 amide bonds. The zero-order valence-corrected chi connectivity index (χ0v) is 24.8. The molecule has 3 aromatic heterocycles. The van der Waals surface area contributed by atoms with Crippen LogP contribution in [0.3, 0.4) is 0 Å². The number of benzene rings is 1. The first-order valence-electron chi connectivity index (χ1n) is 14.6. The lowest BCUT2D eigenvalue weighted by Gasteiger charge is -2.41. The third-order valence-corrected chi connectivity index (χ3v) is 8.87. The lowest BCUT2D eigenvalue weighted by Crippen LogP contribution is -2.48. The van der Waals surface area contributed by atoms with Crippen LogP contribution in [0.2, 0.25) is 5.02 Å². The molecule has 0 atom stereocenters. The van der Waals surface area contributed by atoms with Gasteiger partial charge in [-0.25, -0.2) is 9.78 Å². The van der Waals surface area contributed by atoms with Crippen molar-refractivity contribution >= 4 is 34.4 Å². The van der Waals surface area contributed by atoms with E-state index < -0.39 is 0 Å². The summed E-state index contributed by atoms with van der Waals surface area (Å²) in [6.45, 7) is 6.89. The Kier molecular flexibility index (Phi) is 8.21. The van der Waals surface area contributed by atoms with Gasteiger partial charge in [0, 0.05) is 38.1 Å². The summed E-state index contributed by atoms with van der Waals surface area (Å²) in [7, 11) is 1.45. The minimum Gasteiger partial charge on any atom is -0.453 e. The van der Waals surface area contributed by atoms with E-state index in [-0.39, 0.29) is 11.7 Å². The van der Waals surface area contributed by atoms with Gasteiger partial charge < -0.3 is 29.8 Å². The highest BCUT2D eigenvalue weighted by atomic mass is 35.5. The summed E-state index contributed by atoms with van der Waals surface area (Å²) in [6.07, 6.45) is 8.96. The molecular formula is C30H37ClN8O3. The maximum atomic E-state index is 13.0. The van der Waals surface area contributed by atoms with Crippen LogP contribution in [0.1, 0.15) is 42.7 Å². The number of aromatic amines is 2. The van der Waals surface area contributed by atoms with Gasteiger partial charge in [0.15, 0.2) is 0 Å². The Bertz CT molecular complexity index is 1610. The van der Waals surface area contributed by atoms with E-state index in [9.17, 15) is 9.59 Å². The van der Waals surface area contributed by atoms with Gasteiger partial charge in [-0.2, -0.15) is 5.10 Å². The second kappa shape index (κ2) is 12.2. The summed E-state index contributed by atoms with van der Waals surface area (Å²) >= 11 is 5.97. The Balaban J connectivity index is 1.14. The summed E-state index contributed by atoms with van der Waals surface area (Å²) < 4.78 is 6.64. The van der Waals surface area contributed by atoms with Crippen molar-refractivity contribution in [2.75, 3.05) is 45.2 Å². The van der Waals surface area contributed by atoms with Crippen LogP contribution in [0.25, 0.3) is 22.4 Å². The number of fused-ring (bicyclic) bond motifs is 1. The molecule has 0 bridgehead atoms. The predicted octanol–water partition coefficient (Wildman–Crippen LogP) is 4.60. The third-order valence-electron chi connectivity index (χ3n) is 8.67. The molecule has 222 valence electrons. The Labute approximate surface area is 249 Å². The number of pyridine rings is 1.